The Morgan fingerprint density at radius 2 is 1.75 bits per heavy atom. The number of fused-ring (bicyclic) bond motifs is 6. The molecule has 9 nitrogen and oxygen atoms in total. The molecular weight excluding hydrogens is 662 g/mol. The number of β-amino-alcohol motifs (C(OH)–C–C–N with tert-alkyl or cyclic N) is 1. The van der Waals surface area contributed by atoms with Gasteiger partial charge in [-0.25, -0.2) is 9.37 Å². The fourth-order valence-corrected chi connectivity index (χ4v) is 9.54. The second-order valence-corrected chi connectivity index (χ2v) is 15.4. The third-order valence-electron chi connectivity index (χ3n) is 10.5. The molecule has 6 heterocycles. The van der Waals surface area contributed by atoms with E-state index < -0.39 is 0 Å². The average Bonchev–Trinajstić information content (AvgIpc) is 3.90. The molecule has 51 heavy (non-hydrogen) atoms. The van der Waals surface area contributed by atoms with Crippen molar-refractivity contribution >= 4 is 49.1 Å². The highest BCUT2D eigenvalue weighted by atomic mass is 32.1. The lowest BCUT2D eigenvalue weighted by Gasteiger charge is -2.43. The number of aromatic nitrogens is 2. The maximum Gasteiger partial charge on any atom is 0.227 e. The number of benzene rings is 2. The third-order valence-corrected chi connectivity index (χ3v) is 11.5. The van der Waals surface area contributed by atoms with E-state index in [0.717, 1.165) is 107 Å². The maximum atomic E-state index is 15.2. The number of rotatable bonds is 6. The molecular formula is C40H54FN7O2S. The Kier molecular flexibility index (Phi) is 11.4. The minimum absolute atomic E-state index is 0.298. The summed E-state index contributed by atoms with van der Waals surface area (Å²) in [6, 6.07) is 6.15. The fourth-order valence-electron chi connectivity index (χ4n) is 8.59. The first kappa shape index (κ1) is 37.2. The lowest BCUT2D eigenvalue weighted by molar-refractivity contribution is 0.111. The van der Waals surface area contributed by atoms with Crippen molar-refractivity contribution in [3.8, 4) is 17.2 Å². The Hall–Kier alpha value is -3.56. The van der Waals surface area contributed by atoms with Crippen molar-refractivity contribution in [2.45, 2.75) is 112 Å². The SMILES string of the molecule is CC.CCC.CCc1c(-c2ccc(F)c3sc(N)c(C#N)c23)c2c(c3c(N4C5CCC4CN(CC(C)O)C5)nc(N4CCC(C)C4)nc13)COC2. The van der Waals surface area contributed by atoms with Crippen molar-refractivity contribution in [1.29, 1.82) is 5.26 Å². The van der Waals surface area contributed by atoms with E-state index in [0.29, 0.717) is 64.8 Å². The Morgan fingerprint density at radius 3 is 2.35 bits per heavy atom. The number of anilines is 3. The number of nitrogen functional groups attached to an aromatic ring is 1. The van der Waals surface area contributed by atoms with Gasteiger partial charge < -0.3 is 25.4 Å². The van der Waals surface area contributed by atoms with E-state index in [4.69, 9.17) is 20.4 Å². The van der Waals surface area contributed by atoms with Crippen LogP contribution in [-0.2, 0) is 24.4 Å². The summed E-state index contributed by atoms with van der Waals surface area (Å²) in [5, 5.41) is 22.2. The van der Waals surface area contributed by atoms with Crippen LogP contribution in [0.25, 0.3) is 32.1 Å². The number of aliphatic hydroxyl groups excluding tert-OH is 1. The van der Waals surface area contributed by atoms with Crippen LogP contribution in [0.2, 0.25) is 0 Å². The monoisotopic (exact) mass is 715 g/mol. The van der Waals surface area contributed by atoms with Gasteiger partial charge in [-0.3, -0.25) is 4.90 Å². The summed E-state index contributed by atoms with van der Waals surface area (Å²) in [6.45, 7) is 19.7. The molecule has 4 aliphatic heterocycles. The summed E-state index contributed by atoms with van der Waals surface area (Å²) in [7, 11) is 0. The highest BCUT2D eigenvalue weighted by molar-refractivity contribution is 7.23. The van der Waals surface area contributed by atoms with Gasteiger partial charge in [-0.2, -0.15) is 10.2 Å². The summed E-state index contributed by atoms with van der Waals surface area (Å²) >= 11 is 1.13. The van der Waals surface area contributed by atoms with Gasteiger partial charge in [-0.15, -0.1) is 11.3 Å². The van der Waals surface area contributed by atoms with Crippen LogP contribution in [0.4, 0.5) is 21.2 Å². The van der Waals surface area contributed by atoms with Crippen molar-refractivity contribution in [3.63, 3.8) is 0 Å². The van der Waals surface area contributed by atoms with Gasteiger partial charge in [0.15, 0.2) is 0 Å². The van der Waals surface area contributed by atoms with Crippen LogP contribution in [0.3, 0.4) is 0 Å². The first-order valence-electron chi connectivity index (χ1n) is 19.0. The molecule has 0 aliphatic carbocycles. The molecule has 0 amide bonds. The molecule has 4 atom stereocenters. The third kappa shape index (κ3) is 6.65. The van der Waals surface area contributed by atoms with E-state index in [1.54, 1.807) is 6.07 Å². The number of piperazine rings is 1. The highest BCUT2D eigenvalue weighted by Crippen LogP contribution is 2.49. The molecule has 4 unspecified atom stereocenters. The van der Waals surface area contributed by atoms with E-state index in [9.17, 15) is 10.4 Å². The largest absolute Gasteiger partial charge is 0.392 e. The van der Waals surface area contributed by atoms with Crippen LogP contribution in [-0.4, -0.2) is 70.9 Å². The van der Waals surface area contributed by atoms with Crippen molar-refractivity contribution in [2.75, 3.05) is 48.3 Å². The fraction of sp³-hybridized carbons (Fsp3) is 0.575. The van der Waals surface area contributed by atoms with Crippen LogP contribution in [0.15, 0.2) is 12.1 Å². The molecule has 4 aliphatic rings. The van der Waals surface area contributed by atoms with Gasteiger partial charge in [0.25, 0.3) is 0 Å². The maximum absolute atomic E-state index is 15.2. The number of nitrogens with zero attached hydrogens (tertiary/aromatic N) is 6. The molecule has 4 aromatic rings. The number of likely N-dealkylation sites (tertiary alicyclic amines) is 1. The van der Waals surface area contributed by atoms with Crippen LogP contribution >= 0.6 is 11.3 Å². The summed E-state index contributed by atoms with van der Waals surface area (Å²) in [5.41, 5.74) is 12.5. The molecule has 0 spiro atoms. The zero-order chi connectivity index (χ0) is 36.6. The number of halogens is 1. The Labute approximate surface area is 306 Å². The zero-order valence-corrected chi connectivity index (χ0v) is 32.2. The van der Waals surface area contributed by atoms with Crippen LogP contribution < -0.4 is 15.5 Å². The predicted molar refractivity (Wildman–Crippen MR) is 208 cm³/mol. The summed E-state index contributed by atoms with van der Waals surface area (Å²) in [4.78, 5) is 18.1. The Morgan fingerprint density at radius 1 is 1.06 bits per heavy atom. The molecule has 11 heteroatoms. The molecule has 2 aromatic heterocycles. The van der Waals surface area contributed by atoms with Gasteiger partial charge in [-0.05, 0) is 72.4 Å². The second kappa shape index (κ2) is 15.6. The number of thiophene rings is 1. The zero-order valence-electron chi connectivity index (χ0n) is 31.4. The molecule has 2 bridgehead atoms. The number of nitrogens with two attached hydrogens (primary N) is 1. The minimum atomic E-state index is -0.371. The lowest BCUT2D eigenvalue weighted by atomic mass is 9.85. The first-order valence-corrected chi connectivity index (χ1v) is 19.8. The quantitative estimate of drug-likeness (QED) is 0.205. The highest BCUT2D eigenvalue weighted by Gasteiger charge is 2.43. The molecule has 2 aromatic carbocycles. The molecule has 3 saturated heterocycles. The number of ether oxygens (including phenoxy) is 1. The van der Waals surface area contributed by atoms with Crippen LogP contribution in [0.1, 0.15) is 96.4 Å². The average molecular weight is 716 g/mol. The summed E-state index contributed by atoms with van der Waals surface area (Å²) < 4.78 is 21.8. The van der Waals surface area contributed by atoms with Gasteiger partial charge in [0, 0.05) is 55.6 Å². The number of hydrogen-bond acceptors (Lipinski definition) is 10. The topological polar surface area (TPSA) is 115 Å². The number of aliphatic hydroxyl groups is 1. The van der Waals surface area contributed by atoms with Crippen LogP contribution in [0, 0.1) is 23.1 Å². The number of hydrogen-bond donors (Lipinski definition) is 2. The van der Waals surface area contributed by atoms with Gasteiger partial charge in [-0.1, -0.05) is 54.0 Å². The second-order valence-electron chi connectivity index (χ2n) is 14.4. The first-order chi connectivity index (χ1) is 24.7. The van der Waals surface area contributed by atoms with Gasteiger partial charge >= 0.3 is 0 Å². The van der Waals surface area contributed by atoms with Crippen molar-refractivity contribution < 1.29 is 14.2 Å². The normalized spacial score (nSPS) is 21.7. The molecule has 3 fully saturated rings. The predicted octanol–water partition coefficient (Wildman–Crippen LogP) is 8.02. The van der Waals surface area contributed by atoms with Crippen LogP contribution in [0.5, 0.6) is 0 Å². The van der Waals surface area contributed by atoms with E-state index in [1.165, 1.54) is 12.5 Å². The standard InChI is InChI=1S/C35H40FN7O2S.C3H8.C2H6/c1-4-22-28(23-7-8-27(36)32-29(23)24(11-37)33(38)46-32)25-16-45-17-26(25)30-31(22)39-35(42-10-9-18(2)12-42)40-34(30)43-20-5-6-21(43)15-41(14-20)13-19(3)44;1-3-2;1-2/h7-8,18-21,44H,4-6,9-10,12-17,38H2,1-3H3;3H2,1-2H3;1-2H3. The molecule has 0 radical (unpaired) electrons. The van der Waals surface area contributed by atoms with E-state index in [2.05, 4.69) is 48.5 Å². The lowest BCUT2D eigenvalue weighted by Crippen LogP contribution is -2.55. The summed E-state index contributed by atoms with van der Waals surface area (Å²) in [5.74, 6) is 1.95. The van der Waals surface area contributed by atoms with Crippen molar-refractivity contribution in [1.82, 2.24) is 14.9 Å². The number of nitriles is 1. The smallest absolute Gasteiger partial charge is 0.227 e. The van der Waals surface area contributed by atoms with Gasteiger partial charge in [0.05, 0.1) is 35.1 Å². The van der Waals surface area contributed by atoms with Gasteiger partial charge in [0.1, 0.15) is 22.7 Å². The number of aryl methyl sites for hydroxylation is 1. The molecule has 3 N–H and O–H groups in total. The molecule has 274 valence electrons. The van der Waals surface area contributed by atoms with Crippen molar-refractivity contribution in [3.05, 3.63) is 40.2 Å². The summed E-state index contributed by atoms with van der Waals surface area (Å²) in [6.07, 6.45) is 4.86. The van der Waals surface area contributed by atoms with Crippen molar-refractivity contribution in [2.24, 2.45) is 5.92 Å². The Balaban J connectivity index is 0.000000853. The minimum Gasteiger partial charge on any atom is -0.392 e. The van der Waals surface area contributed by atoms with Gasteiger partial charge in [0.2, 0.25) is 5.95 Å². The van der Waals surface area contributed by atoms with E-state index in [1.807, 2.05) is 20.8 Å². The Bertz CT molecular complexity index is 1920. The van der Waals surface area contributed by atoms with E-state index >= 15 is 4.39 Å². The molecule has 8 rings (SSSR count). The van der Waals surface area contributed by atoms with E-state index in [-0.39, 0.29) is 11.9 Å². The molecule has 0 saturated carbocycles.